The molecule has 0 unspecified atom stereocenters. The van der Waals surface area contributed by atoms with Gasteiger partial charge in [0, 0.05) is 12.2 Å². The van der Waals surface area contributed by atoms with Gasteiger partial charge in [-0.1, -0.05) is 18.2 Å². The summed E-state index contributed by atoms with van der Waals surface area (Å²) in [5.41, 5.74) is 0.876. The third kappa shape index (κ3) is 4.05. The maximum Gasteiger partial charge on any atom is 0.416 e. The Bertz CT molecular complexity index is 636. The van der Waals surface area contributed by atoms with Crippen molar-refractivity contribution in [3.63, 3.8) is 0 Å². The van der Waals surface area contributed by atoms with E-state index in [0.717, 1.165) is 17.8 Å². The van der Waals surface area contributed by atoms with Crippen LogP contribution >= 0.6 is 0 Å². The lowest BCUT2D eigenvalue weighted by atomic mass is 10.1. The first kappa shape index (κ1) is 15.0. The number of hydrogen-bond donors (Lipinski definition) is 1. The molecule has 1 heterocycles. The maximum atomic E-state index is 12.4. The highest BCUT2D eigenvalue weighted by Gasteiger charge is 2.29. The summed E-state index contributed by atoms with van der Waals surface area (Å²) < 4.78 is 37.2. The fraction of sp³-hybridized carbons (Fsp3) is 0.200. The molecule has 110 valence electrons. The summed E-state index contributed by atoms with van der Waals surface area (Å²) in [6, 6.07) is 9.73. The van der Waals surface area contributed by atoms with Gasteiger partial charge in [-0.2, -0.15) is 13.2 Å². The zero-order chi connectivity index (χ0) is 15.5. The van der Waals surface area contributed by atoms with Crippen molar-refractivity contribution in [3.8, 4) is 0 Å². The fourth-order valence-corrected chi connectivity index (χ4v) is 1.75. The van der Waals surface area contributed by atoms with Crippen LogP contribution in [0.2, 0.25) is 0 Å². The second kappa shape index (κ2) is 5.95. The molecule has 1 aromatic carbocycles. The third-order valence-corrected chi connectivity index (χ3v) is 2.86. The number of nitrogens with one attached hydrogen (secondary N) is 1. The zero-order valence-corrected chi connectivity index (χ0v) is 11.2. The molecule has 0 aliphatic rings. The SMILES string of the molecule is Cc1cccc(C(=O)NCc2ccc(C(F)(F)F)cc2)n1. The lowest BCUT2D eigenvalue weighted by Gasteiger charge is -2.08. The molecule has 2 rings (SSSR count). The Morgan fingerprint density at radius 2 is 1.81 bits per heavy atom. The van der Waals surface area contributed by atoms with Gasteiger partial charge in [0.2, 0.25) is 0 Å². The van der Waals surface area contributed by atoms with E-state index in [4.69, 9.17) is 0 Å². The predicted octanol–water partition coefficient (Wildman–Crippen LogP) is 3.34. The number of carbonyl (C=O) groups is 1. The van der Waals surface area contributed by atoms with Crippen LogP contribution < -0.4 is 5.32 Å². The van der Waals surface area contributed by atoms with Gasteiger partial charge in [0.05, 0.1) is 5.56 Å². The molecule has 0 aliphatic carbocycles. The van der Waals surface area contributed by atoms with Crippen LogP contribution in [0.5, 0.6) is 0 Å². The fourth-order valence-electron chi connectivity index (χ4n) is 1.75. The minimum atomic E-state index is -4.35. The van der Waals surface area contributed by atoms with Gasteiger partial charge in [0.15, 0.2) is 0 Å². The molecule has 0 bridgehead atoms. The van der Waals surface area contributed by atoms with E-state index in [1.165, 1.54) is 12.1 Å². The van der Waals surface area contributed by atoms with Crippen LogP contribution in [0.3, 0.4) is 0 Å². The van der Waals surface area contributed by atoms with Crippen molar-refractivity contribution in [2.45, 2.75) is 19.6 Å². The molecule has 3 nitrogen and oxygen atoms in total. The second-order valence-electron chi connectivity index (χ2n) is 4.54. The molecular weight excluding hydrogens is 281 g/mol. The molecule has 0 atom stereocenters. The Morgan fingerprint density at radius 1 is 1.14 bits per heavy atom. The number of hydrogen-bond acceptors (Lipinski definition) is 2. The number of carbonyl (C=O) groups excluding carboxylic acids is 1. The molecule has 6 heteroatoms. The van der Waals surface area contributed by atoms with Crippen molar-refractivity contribution in [2.75, 3.05) is 0 Å². The van der Waals surface area contributed by atoms with Crippen molar-refractivity contribution < 1.29 is 18.0 Å². The number of halogens is 3. The molecule has 0 spiro atoms. The van der Waals surface area contributed by atoms with Crippen LogP contribution in [-0.4, -0.2) is 10.9 Å². The molecule has 0 fully saturated rings. The summed E-state index contributed by atoms with van der Waals surface area (Å²) in [7, 11) is 0. The summed E-state index contributed by atoms with van der Waals surface area (Å²) in [6.45, 7) is 1.92. The highest BCUT2D eigenvalue weighted by molar-refractivity contribution is 5.92. The lowest BCUT2D eigenvalue weighted by molar-refractivity contribution is -0.137. The largest absolute Gasteiger partial charge is 0.416 e. The summed E-state index contributed by atoms with van der Waals surface area (Å²) in [6.07, 6.45) is -4.35. The highest BCUT2D eigenvalue weighted by Crippen LogP contribution is 2.29. The molecule has 1 aromatic heterocycles. The smallest absolute Gasteiger partial charge is 0.347 e. The van der Waals surface area contributed by atoms with E-state index in [9.17, 15) is 18.0 Å². The van der Waals surface area contributed by atoms with Gasteiger partial charge in [-0.05, 0) is 36.8 Å². The molecule has 0 saturated heterocycles. The minimum Gasteiger partial charge on any atom is -0.347 e. The van der Waals surface area contributed by atoms with Crippen molar-refractivity contribution >= 4 is 5.91 Å². The molecule has 1 amide bonds. The lowest BCUT2D eigenvalue weighted by Crippen LogP contribution is -2.24. The Kier molecular flexibility index (Phi) is 4.26. The van der Waals surface area contributed by atoms with Gasteiger partial charge >= 0.3 is 6.18 Å². The van der Waals surface area contributed by atoms with E-state index in [0.29, 0.717) is 5.56 Å². The van der Waals surface area contributed by atoms with Crippen molar-refractivity contribution in [2.24, 2.45) is 0 Å². The number of aromatic nitrogens is 1. The maximum absolute atomic E-state index is 12.4. The van der Waals surface area contributed by atoms with Crippen LogP contribution in [0.15, 0.2) is 42.5 Å². The number of rotatable bonds is 3. The monoisotopic (exact) mass is 294 g/mol. The molecule has 0 radical (unpaired) electrons. The molecular formula is C15H13F3N2O. The summed E-state index contributed by atoms with van der Waals surface area (Å²) in [5, 5.41) is 2.62. The minimum absolute atomic E-state index is 0.145. The van der Waals surface area contributed by atoms with E-state index >= 15 is 0 Å². The predicted molar refractivity (Wildman–Crippen MR) is 71.6 cm³/mol. The van der Waals surface area contributed by atoms with Gasteiger partial charge in [0.1, 0.15) is 5.69 Å². The Morgan fingerprint density at radius 3 is 2.38 bits per heavy atom. The summed E-state index contributed by atoms with van der Waals surface area (Å²) in [4.78, 5) is 15.9. The Hall–Kier alpha value is -2.37. The van der Waals surface area contributed by atoms with E-state index in [2.05, 4.69) is 10.3 Å². The van der Waals surface area contributed by atoms with Crippen LogP contribution in [0.4, 0.5) is 13.2 Å². The van der Waals surface area contributed by atoms with E-state index in [1.807, 2.05) is 0 Å². The number of alkyl halides is 3. The molecule has 1 N–H and O–H groups in total. The Balaban J connectivity index is 1.98. The first-order valence-corrected chi connectivity index (χ1v) is 6.24. The van der Waals surface area contributed by atoms with Crippen molar-refractivity contribution in [3.05, 3.63) is 65.0 Å². The van der Waals surface area contributed by atoms with Crippen molar-refractivity contribution in [1.29, 1.82) is 0 Å². The third-order valence-electron chi connectivity index (χ3n) is 2.86. The number of benzene rings is 1. The average Bonchev–Trinajstić information content (AvgIpc) is 2.44. The summed E-state index contributed by atoms with van der Waals surface area (Å²) in [5.74, 6) is -0.362. The molecule has 0 aliphatic heterocycles. The number of nitrogens with zero attached hydrogens (tertiary/aromatic N) is 1. The van der Waals surface area contributed by atoms with Gasteiger partial charge < -0.3 is 5.32 Å². The van der Waals surface area contributed by atoms with Crippen LogP contribution in [0, 0.1) is 6.92 Å². The van der Waals surface area contributed by atoms with Gasteiger partial charge in [-0.15, -0.1) is 0 Å². The van der Waals surface area contributed by atoms with E-state index in [1.54, 1.807) is 25.1 Å². The first-order valence-electron chi connectivity index (χ1n) is 6.24. The van der Waals surface area contributed by atoms with Gasteiger partial charge in [-0.25, -0.2) is 4.98 Å². The van der Waals surface area contributed by atoms with Crippen LogP contribution in [-0.2, 0) is 12.7 Å². The Labute approximate surface area is 119 Å². The van der Waals surface area contributed by atoms with E-state index in [-0.39, 0.29) is 18.1 Å². The molecule has 0 saturated carbocycles. The molecule has 2 aromatic rings. The second-order valence-corrected chi connectivity index (χ2v) is 4.54. The van der Waals surface area contributed by atoms with Crippen LogP contribution in [0.1, 0.15) is 27.3 Å². The normalized spacial score (nSPS) is 11.2. The molecule has 21 heavy (non-hydrogen) atoms. The first-order chi connectivity index (χ1) is 9.86. The topological polar surface area (TPSA) is 42.0 Å². The number of pyridine rings is 1. The average molecular weight is 294 g/mol. The number of amides is 1. The highest BCUT2D eigenvalue weighted by atomic mass is 19.4. The summed E-state index contributed by atoms with van der Waals surface area (Å²) >= 11 is 0. The van der Waals surface area contributed by atoms with Gasteiger partial charge in [-0.3, -0.25) is 4.79 Å². The van der Waals surface area contributed by atoms with Crippen LogP contribution in [0.25, 0.3) is 0 Å². The number of aryl methyl sites for hydroxylation is 1. The van der Waals surface area contributed by atoms with Gasteiger partial charge in [0.25, 0.3) is 5.91 Å². The standard InChI is InChI=1S/C15H13F3N2O/c1-10-3-2-4-13(20-10)14(21)19-9-11-5-7-12(8-6-11)15(16,17)18/h2-8H,9H2,1H3,(H,19,21). The zero-order valence-electron chi connectivity index (χ0n) is 11.2. The van der Waals surface area contributed by atoms with E-state index < -0.39 is 11.7 Å². The quantitative estimate of drug-likeness (QED) is 0.943. The van der Waals surface area contributed by atoms with Crippen molar-refractivity contribution in [1.82, 2.24) is 10.3 Å².